The fraction of sp³-hybridized carbons (Fsp3) is 0.733. The van der Waals surface area contributed by atoms with E-state index in [1.807, 2.05) is 39.3 Å². The highest BCUT2D eigenvalue weighted by atomic mass is 28.4. The van der Waals surface area contributed by atoms with Crippen molar-refractivity contribution in [3.8, 4) is 0 Å². The van der Waals surface area contributed by atoms with Crippen LogP contribution in [-0.2, 0) is 18.4 Å². The number of carbonyl (C=O) groups excluding carboxylic acids is 2. The van der Waals surface area contributed by atoms with Crippen molar-refractivity contribution in [1.82, 2.24) is 0 Å². The lowest BCUT2D eigenvalue weighted by Gasteiger charge is -2.25. The van der Waals surface area contributed by atoms with E-state index in [2.05, 4.69) is 0 Å². The van der Waals surface area contributed by atoms with Crippen LogP contribution in [0.2, 0.25) is 39.3 Å². The molecule has 2 rings (SSSR count). The summed E-state index contributed by atoms with van der Waals surface area (Å²) in [5.41, 5.74) is 1.24. The second-order valence-electron chi connectivity index (χ2n) is 8.04. The average Bonchev–Trinajstić information content (AvgIpc) is 2.82. The van der Waals surface area contributed by atoms with Crippen LogP contribution in [0.3, 0.4) is 0 Å². The molecule has 0 aromatic heterocycles. The van der Waals surface area contributed by atoms with Crippen molar-refractivity contribution < 1.29 is 18.4 Å². The molecule has 0 aromatic carbocycles. The first-order valence-electron chi connectivity index (χ1n) is 7.69. The first-order chi connectivity index (χ1) is 9.48. The van der Waals surface area contributed by atoms with E-state index >= 15 is 0 Å². The summed E-state index contributed by atoms with van der Waals surface area (Å²) in [6.07, 6.45) is 2.89. The molecule has 21 heavy (non-hydrogen) atoms. The molecule has 0 spiro atoms. The molecule has 0 aromatic rings. The van der Waals surface area contributed by atoms with Gasteiger partial charge in [-0.2, -0.15) is 0 Å². The van der Waals surface area contributed by atoms with Gasteiger partial charge in [-0.1, -0.05) is 0 Å². The van der Waals surface area contributed by atoms with E-state index in [1.165, 1.54) is 0 Å². The average molecular weight is 327 g/mol. The molecular formula is C15H26O4Si2. The molecule has 0 aliphatic heterocycles. The molecule has 0 amide bonds. The third-order valence-electron chi connectivity index (χ3n) is 3.78. The number of hydrogen-bond donors (Lipinski definition) is 0. The maximum absolute atomic E-state index is 12.5. The molecule has 0 heterocycles. The summed E-state index contributed by atoms with van der Waals surface area (Å²) in [7, 11) is -3.91. The largest absolute Gasteiger partial charge is 0.517 e. The van der Waals surface area contributed by atoms with Gasteiger partial charge in [0.15, 0.2) is 0 Å². The molecule has 1 unspecified atom stereocenters. The molecule has 6 heteroatoms. The fourth-order valence-electron chi connectivity index (χ4n) is 3.17. The predicted molar refractivity (Wildman–Crippen MR) is 86.7 cm³/mol. The van der Waals surface area contributed by atoms with Crippen LogP contribution in [0.25, 0.3) is 0 Å². The molecule has 4 nitrogen and oxygen atoms in total. The van der Waals surface area contributed by atoms with Gasteiger partial charge >= 0.3 is 11.9 Å². The standard InChI is InChI=1S/C15H26O4Si2/c1-20(2,3)18-14(16)12-10-7-8-11(9-10)13(12)15(17)19-21(4,5)6/h10-11H,7-9H2,1-6H3/t10-,11?/m0/s1. The van der Waals surface area contributed by atoms with Gasteiger partial charge in [0.1, 0.15) is 0 Å². The molecule has 2 aliphatic carbocycles. The molecule has 1 fully saturated rings. The van der Waals surface area contributed by atoms with E-state index in [-0.39, 0.29) is 23.8 Å². The van der Waals surface area contributed by atoms with Gasteiger partial charge in [0.2, 0.25) is 16.6 Å². The summed E-state index contributed by atoms with van der Waals surface area (Å²) in [6.45, 7) is 11.9. The SMILES string of the molecule is C[Si](C)(C)OC(=O)C1=C(C(=O)O[Si](C)(C)C)[C@H]2CCC1C2. The van der Waals surface area contributed by atoms with Gasteiger partial charge in [0, 0.05) is 11.1 Å². The molecule has 1 saturated carbocycles. The zero-order valence-corrected chi connectivity index (χ0v) is 15.9. The third kappa shape index (κ3) is 3.85. The molecule has 2 bridgehead atoms. The lowest BCUT2D eigenvalue weighted by molar-refractivity contribution is -0.134. The van der Waals surface area contributed by atoms with Gasteiger partial charge in [0.25, 0.3) is 0 Å². The van der Waals surface area contributed by atoms with E-state index < -0.39 is 16.6 Å². The third-order valence-corrected chi connectivity index (χ3v) is 5.37. The number of rotatable bonds is 4. The highest BCUT2D eigenvalue weighted by Gasteiger charge is 2.47. The quantitative estimate of drug-likeness (QED) is 0.742. The lowest BCUT2D eigenvalue weighted by Crippen LogP contribution is -2.34. The van der Waals surface area contributed by atoms with Crippen molar-refractivity contribution in [2.24, 2.45) is 11.8 Å². The fourth-order valence-corrected chi connectivity index (χ4v) is 4.50. The second-order valence-corrected chi connectivity index (χ2v) is 16.9. The Kier molecular flexibility index (Phi) is 4.23. The molecule has 2 aliphatic rings. The van der Waals surface area contributed by atoms with Gasteiger partial charge in [-0.15, -0.1) is 0 Å². The number of carbonyl (C=O) groups is 2. The van der Waals surface area contributed by atoms with Crippen LogP contribution in [-0.4, -0.2) is 28.6 Å². The van der Waals surface area contributed by atoms with E-state index in [0.29, 0.717) is 11.1 Å². The van der Waals surface area contributed by atoms with Crippen molar-refractivity contribution >= 4 is 28.6 Å². The van der Waals surface area contributed by atoms with Gasteiger partial charge in [0.05, 0.1) is 0 Å². The van der Waals surface area contributed by atoms with Gasteiger partial charge in [-0.25, -0.2) is 9.59 Å². The molecule has 0 saturated heterocycles. The minimum absolute atomic E-state index is 0.197. The Morgan fingerprint density at radius 1 is 0.810 bits per heavy atom. The zero-order valence-electron chi connectivity index (χ0n) is 13.9. The van der Waals surface area contributed by atoms with Gasteiger partial charge in [-0.3, -0.25) is 0 Å². The van der Waals surface area contributed by atoms with Crippen LogP contribution < -0.4 is 0 Å². The second kappa shape index (κ2) is 5.39. The van der Waals surface area contributed by atoms with Crippen molar-refractivity contribution in [2.75, 3.05) is 0 Å². The highest BCUT2D eigenvalue weighted by Crippen LogP contribution is 2.49. The summed E-state index contributed by atoms with van der Waals surface area (Å²) >= 11 is 0. The molecule has 0 radical (unpaired) electrons. The Morgan fingerprint density at radius 3 is 1.43 bits per heavy atom. The monoisotopic (exact) mass is 326 g/mol. The van der Waals surface area contributed by atoms with Gasteiger partial charge in [-0.05, 0) is 70.4 Å². The minimum atomic E-state index is -1.95. The molecular weight excluding hydrogens is 300 g/mol. The molecule has 0 N–H and O–H groups in total. The zero-order chi connectivity index (χ0) is 16.0. The first-order valence-corrected chi connectivity index (χ1v) is 14.5. The smallest absolute Gasteiger partial charge is 0.321 e. The Bertz CT molecular complexity index is 453. The predicted octanol–water partition coefficient (Wildman–Crippen LogP) is 3.47. The van der Waals surface area contributed by atoms with Crippen LogP contribution in [0.5, 0.6) is 0 Å². The summed E-state index contributed by atoms with van der Waals surface area (Å²) in [6, 6.07) is 0. The first kappa shape index (κ1) is 16.5. The molecule has 118 valence electrons. The Hall–Kier alpha value is -0.886. The van der Waals surface area contributed by atoms with E-state index in [9.17, 15) is 9.59 Å². The van der Waals surface area contributed by atoms with Crippen LogP contribution in [0.15, 0.2) is 11.1 Å². The normalized spacial score (nSPS) is 25.2. The van der Waals surface area contributed by atoms with Crippen molar-refractivity contribution in [3.63, 3.8) is 0 Å². The lowest BCUT2D eigenvalue weighted by atomic mass is 9.92. The number of fused-ring (bicyclic) bond motifs is 2. The topological polar surface area (TPSA) is 52.6 Å². The van der Waals surface area contributed by atoms with Crippen molar-refractivity contribution in [3.05, 3.63) is 11.1 Å². The maximum Gasteiger partial charge on any atom is 0.321 e. The van der Waals surface area contributed by atoms with E-state index in [4.69, 9.17) is 8.85 Å². The van der Waals surface area contributed by atoms with Crippen molar-refractivity contribution in [1.29, 1.82) is 0 Å². The van der Waals surface area contributed by atoms with E-state index in [0.717, 1.165) is 19.3 Å². The van der Waals surface area contributed by atoms with Gasteiger partial charge < -0.3 is 8.85 Å². The van der Waals surface area contributed by atoms with E-state index in [1.54, 1.807) is 0 Å². The Morgan fingerprint density at radius 2 is 1.14 bits per heavy atom. The Balaban J connectivity index is 2.29. The van der Waals surface area contributed by atoms with Crippen LogP contribution in [0.1, 0.15) is 19.3 Å². The van der Waals surface area contributed by atoms with Crippen LogP contribution >= 0.6 is 0 Å². The minimum Gasteiger partial charge on any atom is -0.517 e. The van der Waals surface area contributed by atoms with Crippen LogP contribution in [0.4, 0.5) is 0 Å². The van der Waals surface area contributed by atoms with Crippen molar-refractivity contribution in [2.45, 2.75) is 58.5 Å². The highest BCUT2D eigenvalue weighted by molar-refractivity contribution is 6.72. The molecule has 2 atom stereocenters. The summed E-state index contributed by atoms with van der Waals surface area (Å²) in [5.74, 6) is -0.154. The van der Waals surface area contributed by atoms with Crippen LogP contribution in [0, 0.1) is 11.8 Å². The summed E-state index contributed by atoms with van der Waals surface area (Å²) in [4.78, 5) is 25.0. The summed E-state index contributed by atoms with van der Waals surface area (Å²) in [5, 5.41) is 0. The maximum atomic E-state index is 12.5. The Labute approximate surface area is 129 Å². The number of hydrogen-bond acceptors (Lipinski definition) is 4. The summed E-state index contributed by atoms with van der Waals surface area (Å²) < 4.78 is 11.3.